The van der Waals surface area contributed by atoms with Crippen molar-refractivity contribution in [2.45, 2.75) is 31.3 Å². The molecule has 1 N–H and O–H groups in total. The lowest BCUT2D eigenvalue weighted by Gasteiger charge is -2.35. The summed E-state index contributed by atoms with van der Waals surface area (Å²) in [5, 5.41) is 12.5. The van der Waals surface area contributed by atoms with Crippen LogP contribution >= 0.6 is 0 Å². The fourth-order valence-corrected chi connectivity index (χ4v) is 5.34. The normalized spacial score (nSPS) is 18.8. The summed E-state index contributed by atoms with van der Waals surface area (Å²) in [6.45, 7) is 2.03. The summed E-state index contributed by atoms with van der Waals surface area (Å²) in [5.74, 6) is -1.13. The molecule has 2 unspecified atom stereocenters. The maximum atomic E-state index is 15.3. The summed E-state index contributed by atoms with van der Waals surface area (Å²) >= 11 is 0. The van der Waals surface area contributed by atoms with Gasteiger partial charge in [0.05, 0.1) is 12.2 Å². The molecule has 2 atom stereocenters. The largest absolute Gasteiger partial charge is 0.384 e. The molecule has 3 aromatic carbocycles. The predicted octanol–water partition coefficient (Wildman–Crippen LogP) is 4.94. The zero-order chi connectivity index (χ0) is 25.2. The van der Waals surface area contributed by atoms with E-state index in [9.17, 15) is 9.18 Å². The van der Waals surface area contributed by atoms with Crippen molar-refractivity contribution < 1.29 is 18.3 Å². The third-order valence-corrected chi connectivity index (χ3v) is 7.20. The highest BCUT2D eigenvalue weighted by Crippen LogP contribution is 2.37. The standard InChI is InChI=1S/C29H27F2N3O2/c1-36-11-10-18-2-8-25(28(31)12-18)24-9-5-20(29(35)34-22-6-7-23(34)17-33-16-22)13-26(24)19-3-4-21(15-32)27(30)14-19/h2-5,8-9,12-14,22-23,33H,6-7,10-11,16-17H2,1H3. The van der Waals surface area contributed by atoms with Gasteiger partial charge < -0.3 is 15.0 Å². The minimum Gasteiger partial charge on any atom is -0.384 e. The third kappa shape index (κ3) is 4.50. The van der Waals surface area contributed by atoms with Gasteiger partial charge in [-0.05, 0) is 71.8 Å². The van der Waals surface area contributed by atoms with E-state index < -0.39 is 11.6 Å². The smallest absolute Gasteiger partial charge is 0.254 e. The van der Waals surface area contributed by atoms with Crippen molar-refractivity contribution in [2.24, 2.45) is 0 Å². The Hall–Kier alpha value is -3.60. The monoisotopic (exact) mass is 487 g/mol. The number of piperazine rings is 1. The first-order valence-corrected chi connectivity index (χ1v) is 12.2. The van der Waals surface area contributed by atoms with Gasteiger partial charge in [-0.3, -0.25) is 4.79 Å². The topological polar surface area (TPSA) is 65.4 Å². The number of nitrogens with one attached hydrogen (secondary N) is 1. The van der Waals surface area contributed by atoms with E-state index in [1.807, 2.05) is 17.0 Å². The number of carbonyl (C=O) groups is 1. The van der Waals surface area contributed by atoms with Crippen molar-refractivity contribution in [2.75, 3.05) is 26.8 Å². The Kier molecular flexibility index (Phi) is 6.82. The number of fused-ring (bicyclic) bond motifs is 2. The highest BCUT2D eigenvalue weighted by atomic mass is 19.1. The molecule has 1 amide bonds. The molecule has 2 saturated heterocycles. The highest BCUT2D eigenvalue weighted by molar-refractivity contribution is 5.98. The molecular weight excluding hydrogens is 460 g/mol. The summed E-state index contributed by atoms with van der Waals surface area (Å²) < 4.78 is 35.0. The molecule has 0 aromatic heterocycles. The van der Waals surface area contributed by atoms with Crippen LogP contribution in [0.4, 0.5) is 8.78 Å². The summed E-state index contributed by atoms with van der Waals surface area (Å²) in [4.78, 5) is 15.5. The Bertz CT molecular complexity index is 1330. The van der Waals surface area contributed by atoms with Gasteiger partial charge >= 0.3 is 0 Å². The number of rotatable bonds is 6. The zero-order valence-electron chi connectivity index (χ0n) is 20.1. The lowest BCUT2D eigenvalue weighted by Crippen LogP contribution is -2.54. The van der Waals surface area contributed by atoms with Crippen LogP contribution in [0.3, 0.4) is 0 Å². The van der Waals surface area contributed by atoms with Crippen LogP contribution < -0.4 is 5.32 Å². The Balaban J connectivity index is 1.59. The van der Waals surface area contributed by atoms with Gasteiger partial charge in [0.25, 0.3) is 5.91 Å². The number of methoxy groups -OCH3 is 1. The Labute approximate surface area is 209 Å². The highest BCUT2D eigenvalue weighted by Gasteiger charge is 2.39. The number of hydrogen-bond donors (Lipinski definition) is 1. The van der Waals surface area contributed by atoms with Crippen LogP contribution in [-0.2, 0) is 11.2 Å². The molecule has 2 heterocycles. The fourth-order valence-electron chi connectivity index (χ4n) is 5.34. The number of amides is 1. The number of benzene rings is 3. The molecule has 184 valence electrons. The molecule has 7 heteroatoms. The van der Waals surface area contributed by atoms with E-state index in [2.05, 4.69) is 5.32 Å². The van der Waals surface area contributed by atoms with E-state index in [1.54, 1.807) is 37.4 Å². The number of nitriles is 1. The molecule has 5 rings (SSSR count). The van der Waals surface area contributed by atoms with Gasteiger partial charge in [-0.1, -0.05) is 24.3 Å². The first kappa shape index (κ1) is 24.1. The van der Waals surface area contributed by atoms with Crippen LogP contribution in [0.2, 0.25) is 0 Å². The van der Waals surface area contributed by atoms with Crippen molar-refractivity contribution in [3.05, 3.63) is 82.9 Å². The van der Waals surface area contributed by atoms with E-state index in [4.69, 9.17) is 10.00 Å². The maximum absolute atomic E-state index is 15.3. The Morgan fingerprint density at radius 3 is 2.42 bits per heavy atom. The van der Waals surface area contributed by atoms with Gasteiger partial charge in [-0.2, -0.15) is 5.26 Å². The summed E-state index contributed by atoms with van der Waals surface area (Å²) in [7, 11) is 1.60. The van der Waals surface area contributed by atoms with Crippen LogP contribution in [0.5, 0.6) is 0 Å². The quantitative estimate of drug-likeness (QED) is 0.535. The molecule has 3 aromatic rings. The first-order chi connectivity index (χ1) is 17.5. The van der Waals surface area contributed by atoms with Crippen LogP contribution in [0.15, 0.2) is 54.6 Å². The number of ether oxygens (including phenoxy) is 1. The molecule has 2 aliphatic rings. The minimum atomic E-state index is -0.659. The summed E-state index contributed by atoms with van der Waals surface area (Å²) in [6.07, 6.45) is 2.52. The van der Waals surface area contributed by atoms with Crippen LogP contribution in [0.25, 0.3) is 22.3 Å². The number of nitrogens with zero attached hydrogens (tertiary/aromatic N) is 2. The summed E-state index contributed by atoms with van der Waals surface area (Å²) in [5.41, 5.74) is 3.14. The summed E-state index contributed by atoms with van der Waals surface area (Å²) in [6, 6.07) is 16.7. The van der Waals surface area contributed by atoms with Gasteiger partial charge in [0.2, 0.25) is 0 Å². The minimum absolute atomic E-state index is 0.0682. The molecule has 5 nitrogen and oxygen atoms in total. The predicted molar refractivity (Wildman–Crippen MR) is 133 cm³/mol. The molecule has 0 saturated carbocycles. The lowest BCUT2D eigenvalue weighted by molar-refractivity contribution is 0.0619. The van der Waals surface area contributed by atoms with Gasteiger partial charge in [0, 0.05) is 43.4 Å². The van der Waals surface area contributed by atoms with Gasteiger partial charge in [-0.15, -0.1) is 0 Å². The van der Waals surface area contributed by atoms with Gasteiger partial charge in [0.15, 0.2) is 0 Å². The van der Waals surface area contributed by atoms with E-state index in [0.717, 1.165) is 31.5 Å². The number of carbonyl (C=O) groups excluding carboxylic acids is 1. The van der Waals surface area contributed by atoms with E-state index >= 15 is 4.39 Å². The van der Waals surface area contributed by atoms with Crippen LogP contribution in [0.1, 0.15) is 34.3 Å². The molecule has 0 spiro atoms. The molecular formula is C29H27F2N3O2. The second kappa shape index (κ2) is 10.2. The average Bonchev–Trinajstić information content (AvgIpc) is 3.14. The second-order valence-electron chi connectivity index (χ2n) is 9.38. The molecule has 2 bridgehead atoms. The van der Waals surface area contributed by atoms with Crippen LogP contribution in [0, 0.1) is 23.0 Å². The fraction of sp³-hybridized carbons (Fsp3) is 0.310. The molecule has 36 heavy (non-hydrogen) atoms. The number of hydrogen-bond acceptors (Lipinski definition) is 4. The molecule has 0 aliphatic carbocycles. The zero-order valence-corrected chi connectivity index (χ0v) is 20.1. The van der Waals surface area contributed by atoms with E-state index in [-0.39, 0.29) is 23.6 Å². The Morgan fingerprint density at radius 1 is 1.00 bits per heavy atom. The Morgan fingerprint density at radius 2 is 1.75 bits per heavy atom. The second-order valence-corrected chi connectivity index (χ2v) is 9.38. The van der Waals surface area contributed by atoms with Crippen molar-refractivity contribution in [1.29, 1.82) is 5.26 Å². The maximum Gasteiger partial charge on any atom is 0.254 e. The lowest BCUT2D eigenvalue weighted by atomic mass is 9.91. The van der Waals surface area contributed by atoms with Crippen molar-refractivity contribution in [3.8, 4) is 28.3 Å². The third-order valence-electron chi connectivity index (χ3n) is 7.20. The number of halogens is 2. The van der Waals surface area contributed by atoms with Crippen molar-refractivity contribution >= 4 is 5.91 Å². The molecule has 0 radical (unpaired) electrons. The van der Waals surface area contributed by atoms with E-state index in [1.165, 1.54) is 18.2 Å². The SMILES string of the molecule is COCCc1ccc(-c2ccc(C(=O)N3C4CCC3CNC4)cc2-c2ccc(C#N)c(F)c2)c(F)c1. The van der Waals surface area contributed by atoms with Crippen molar-refractivity contribution in [3.63, 3.8) is 0 Å². The van der Waals surface area contributed by atoms with Gasteiger partial charge in [-0.25, -0.2) is 8.78 Å². The van der Waals surface area contributed by atoms with Crippen LogP contribution in [-0.4, -0.2) is 49.7 Å². The average molecular weight is 488 g/mol. The molecule has 2 aliphatic heterocycles. The molecule has 2 fully saturated rings. The van der Waals surface area contributed by atoms with E-state index in [0.29, 0.717) is 40.8 Å². The van der Waals surface area contributed by atoms with Crippen molar-refractivity contribution in [1.82, 2.24) is 10.2 Å². The first-order valence-electron chi connectivity index (χ1n) is 12.2. The van der Waals surface area contributed by atoms with Gasteiger partial charge in [0.1, 0.15) is 17.7 Å².